The van der Waals surface area contributed by atoms with Crippen molar-refractivity contribution in [1.82, 2.24) is 15.0 Å². The first-order valence-electron chi connectivity index (χ1n) is 22.2. The Balaban J connectivity index is 1.03. The fourth-order valence-electron chi connectivity index (χ4n) is 9.91. The largest absolute Gasteiger partial charge is 0.208 e. The second kappa shape index (κ2) is 16.0. The van der Waals surface area contributed by atoms with Gasteiger partial charge in [0, 0.05) is 16.7 Å². The minimum absolute atomic E-state index is 0.517. The third kappa shape index (κ3) is 6.65. The number of fused-ring (bicyclic) bond motifs is 4. The van der Waals surface area contributed by atoms with E-state index in [1.165, 1.54) is 60.8 Å². The first-order chi connectivity index (χ1) is 32.2. The molecule has 1 aliphatic carbocycles. The lowest BCUT2D eigenvalue weighted by atomic mass is 9.67. The topological polar surface area (TPSA) is 38.7 Å². The van der Waals surface area contributed by atoms with Gasteiger partial charge < -0.3 is 0 Å². The van der Waals surface area contributed by atoms with Gasteiger partial charge in [-0.15, -0.1) is 0 Å². The Morgan fingerprint density at radius 3 is 1.25 bits per heavy atom. The van der Waals surface area contributed by atoms with Gasteiger partial charge in [-0.1, -0.05) is 231 Å². The monoisotopic (exact) mass is 827 g/mol. The molecule has 65 heavy (non-hydrogen) atoms. The van der Waals surface area contributed by atoms with Gasteiger partial charge in [-0.05, 0) is 95.7 Å². The van der Waals surface area contributed by atoms with Gasteiger partial charge in [-0.2, -0.15) is 0 Å². The van der Waals surface area contributed by atoms with Crippen molar-refractivity contribution >= 4 is 10.8 Å². The Hall–Kier alpha value is -8.53. The van der Waals surface area contributed by atoms with Crippen LogP contribution in [0.2, 0.25) is 0 Å². The van der Waals surface area contributed by atoms with Crippen LogP contribution in [0.1, 0.15) is 22.3 Å². The lowest BCUT2D eigenvalue weighted by Crippen LogP contribution is -2.28. The number of hydrogen-bond acceptors (Lipinski definition) is 3. The fraction of sp³-hybridized carbons (Fsp3) is 0.0161. The van der Waals surface area contributed by atoms with E-state index in [0.29, 0.717) is 17.5 Å². The highest BCUT2D eigenvalue weighted by atomic mass is 15.0. The smallest absolute Gasteiger partial charge is 0.164 e. The maximum absolute atomic E-state index is 5.12. The summed E-state index contributed by atoms with van der Waals surface area (Å²) in [6, 6.07) is 89.3. The molecule has 0 unspecified atom stereocenters. The quantitative estimate of drug-likeness (QED) is 0.153. The van der Waals surface area contributed by atoms with E-state index in [2.05, 4.69) is 224 Å². The summed E-state index contributed by atoms with van der Waals surface area (Å²) in [4.78, 5) is 15.2. The molecule has 1 heterocycles. The zero-order valence-corrected chi connectivity index (χ0v) is 35.5. The molecule has 10 aromatic carbocycles. The molecule has 0 amide bonds. The van der Waals surface area contributed by atoms with Crippen LogP contribution in [0.4, 0.5) is 0 Å². The minimum atomic E-state index is -0.517. The third-order valence-corrected chi connectivity index (χ3v) is 13.0. The lowest BCUT2D eigenvalue weighted by molar-refractivity contribution is 0.769. The molecular weight excluding hydrogens is 787 g/mol. The number of hydrogen-bond donors (Lipinski definition) is 0. The highest BCUT2D eigenvalue weighted by molar-refractivity contribution is 5.97. The van der Waals surface area contributed by atoms with Crippen molar-refractivity contribution in [2.75, 3.05) is 0 Å². The normalized spacial score (nSPS) is 12.4. The van der Waals surface area contributed by atoms with Crippen molar-refractivity contribution in [3.05, 3.63) is 271 Å². The van der Waals surface area contributed by atoms with Crippen molar-refractivity contribution < 1.29 is 0 Å². The summed E-state index contributed by atoms with van der Waals surface area (Å²) in [5.41, 5.74) is 16.8. The molecule has 304 valence electrons. The van der Waals surface area contributed by atoms with Crippen molar-refractivity contribution in [3.8, 4) is 78.7 Å². The Labute approximate surface area is 379 Å². The van der Waals surface area contributed by atoms with Gasteiger partial charge in [0.25, 0.3) is 0 Å². The molecule has 1 aromatic heterocycles. The highest BCUT2D eigenvalue weighted by Gasteiger charge is 2.46. The van der Waals surface area contributed by atoms with E-state index in [9.17, 15) is 0 Å². The van der Waals surface area contributed by atoms with Crippen LogP contribution in [-0.2, 0) is 5.41 Å². The standard InChI is InChI=1S/C62H41N3/c1-5-17-42(18-6-1)44-29-34-47(35-30-44)60-63-59(46-20-7-2-8-21-46)64-61(65-60)48-36-32-45(33-37-48)54-40-56-53-27-15-16-28-57(53)62(51-23-9-3-10-24-51,52-25-11-4-12-26-52)58(56)41-55(54)50-38-31-43-19-13-14-22-49(43)39-50/h1-41H. The van der Waals surface area contributed by atoms with Gasteiger partial charge in [0.1, 0.15) is 0 Å². The van der Waals surface area contributed by atoms with Gasteiger partial charge in [-0.3, -0.25) is 0 Å². The van der Waals surface area contributed by atoms with Gasteiger partial charge in [0.2, 0.25) is 0 Å². The summed E-state index contributed by atoms with van der Waals surface area (Å²) in [6.45, 7) is 0. The molecule has 0 fully saturated rings. The number of benzene rings is 10. The Morgan fingerprint density at radius 2 is 0.646 bits per heavy atom. The van der Waals surface area contributed by atoms with E-state index < -0.39 is 5.41 Å². The number of aromatic nitrogens is 3. The maximum Gasteiger partial charge on any atom is 0.164 e. The average Bonchev–Trinajstić information content (AvgIpc) is 3.69. The molecule has 0 bridgehead atoms. The molecule has 0 N–H and O–H groups in total. The number of rotatable bonds is 8. The SMILES string of the molecule is c1ccc(-c2ccc(-c3nc(-c4ccccc4)nc(-c4ccc(-c5cc6c(cc5-c5ccc7ccccc7c5)C(c5ccccc5)(c5ccccc5)c5ccccc5-6)cc4)n3)cc2)cc1. The number of nitrogens with zero attached hydrogens (tertiary/aromatic N) is 3. The molecule has 0 aliphatic heterocycles. The van der Waals surface area contributed by atoms with Crippen LogP contribution in [-0.4, -0.2) is 15.0 Å². The molecule has 1 aliphatic rings. The molecule has 0 saturated heterocycles. The molecule has 0 saturated carbocycles. The molecular formula is C62H41N3. The van der Waals surface area contributed by atoms with Gasteiger partial charge in [-0.25, -0.2) is 15.0 Å². The highest BCUT2D eigenvalue weighted by Crippen LogP contribution is 2.58. The zero-order valence-electron chi connectivity index (χ0n) is 35.5. The summed E-state index contributed by atoms with van der Waals surface area (Å²) in [6.07, 6.45) is 0. The second-order valence-electron chi connectivity index (χ2n) is 16.7. The zero-order chi connectivity index (χ0) is 43.2. The third-order valence-electron chi connectivity index (χ3n) is 13.0. The van der Waals surface area contributed by atoms with Crippen LogP contribution in [0.15, 0.2) is 249 Å². The summed E-state index contributed by atoms with van der Waals surface area (Å²) in [5, 5.41) is 2.43. The summed E-state index contributed by atoms with van der Waals surface area (Å²) in [5.74, 6) is 1.90. The molecule has 11 aromatic rings. The summed E-state index contributed by atoms with van der Waals surface area (Å²) < 4.78 is 0. The van der Waals surface area contributed by atoms with Crippen molar-refractivity contribution in [2.45, 2.75) is 5.41 Å². The predicted molar refractivity (Wildman–Crippen MR) is 267 cm³/mol. The van der Waals surface area contributed by atoms with E-state index in [-0.39, 0.29) is 0 Å². The van der Waals surface area contributed by atoms with Crippen LogP contribution in [0.25, 0.3) is 89.4 Å². The van der Waals surface area contributed by atoms with Crippen molar-refractivity contribution in [3.63, 3.8) is 0 Å². The van der Waals surface area contributed by atoms with E-state index in [0.717, 1.165) is 33.4 Å². The van der Waals surface area contributed by atoms with Crippen LogP contribution in [0.3, 0.4) is 0 Å². The molecule has 12 rings (SSSR count). The first kappa shape index (κ1) is 38.2. The van der Waals surface area contributed by atoms with E-state index >= 15 is 0 Å². The summed E-state index contributed by atoms with van der Waals surface area (Å²) >= 11 is 0. The van der Waals surface area contributed by atoms with Crippen LogP contribution in [0, 0.1) is 0 Å². The van der Waals surface area contributed by atoms with E-state index in [1.807, 2.05) is 24.3 Å². The van der Waals surface area contributed by atoms with Crippen LogP contribution in [0.5, 0.6) is 0 Å². The summed E-state index contributed by atoms with van der Waals surface area (Å²) in [7, 11) is 0. The van der Waals surface area contributed by atoms with Crippen molar-refractivity contribution in [1.29, 1.82) is 0 Å². The predicted octanol–water partition coefficient (Wildman–Crippen LogP) is 15.4. The van der Waals surface area contributed by atoms with E-state index in [4.69, 9.17) is 15.0 Å². The average molecular weight is 828 g/mol. The molecule has 3 heteroatoms. The van der Waals surface area contributed by atoms with Crippen LogP contribution >= 0.6 is 0 Å². The Kier molecular flexibility index (Phi) is 9.39. The lowest BCUT2D eigenvalue weighted by Gasteiger charge is -2.34. The molecule has 0 radical (unpaired) electrons. The molecule has 0 spiro atoms. The second-order valence-corrected chi connectivity index (χ2v) is 16.7. The minimum Gasteiger partial charge on any atom is -0.208 e. The Bertz CT molecular complexity index is 3450. The maximum atomic E-state index is 5.12. The van der Waals surface area contributed by atoms with Crippen LogP contribution < -0.4 is 0 Å². The van der Waals surface area contributed by atoms with Gasteiger partial charge >= 0.3 is 0 Å². The van der Waals surface area contributed by atoms with Crippen molar-refractivity contribution in [2.24, 2.45) is 0 Å². The molecule has 0 atom stereocenters. The first-order valence-corrected chi connectivity index (χ1v) is 22.2. The van der Waals surface area contributed by atoms with E-state index in [1.54, 1.807) is 0 Å². The van der Waals surface area contributed by atoms with Gasteiger partial charge in [0.05, 0.1) is 5.41 Å². The Morgan fingerprint density at radius 1 is 0.231 bits per heavy atom. The van der Waals surface area contributed by atoms with Gasteiger partial charge in [0.15, 0.2) is 17.5 Å². The molecule has 3 nitrogen and oxygen atoms in total. The fourth-order valence-corrected chi connectivity index (χ4v) is 9.91.